The Balaban J connectivity index is 1.95. The smallest absolute Gasteiger partial charge is 0.450 e. The van der Waals surface area contributed by atoms with Crippen LogP contribution in [0.3, 0.4) is 0 Å². The van der Waals surface area contributed by atoms with Gasteiger partial charge in [-0.25, -0.2) is 9.36 Å². The molecule has 3 fully saturated rings. The van der Waals surface area contributed by atoms with E-state index < -0.39 is 57.5 Å². The number of carbonyl (C=O) groups is 1. The largest absolute Gasteiger partial charge is 0.529 e. The summed E-state index contributed by atoms with van der Waals surface area (Å²) < 4.78 is 65.8. The SMILES string of the molecule is CCOP(=O)(OCC)O/C(C)=C(/CCC#C[Si](C)(C)C)C(=O)O[C@@H]1[C@H]2OC(C)(C)O[C@H]2CO[C@@]12COC(C)(C)O2. The fraction of sp³-hybridized carbons (Fsp3) is 0.815. The minimum Gasteiger partial charge on any atom is -0.450 e. The van der Waals surface area contributed by atoms with Crippen LogP contribution in [0.1, 0.15) is 61.3 Å². The van der Waals surface area contributed by atoms with Gasteiger partial charge in [0.2, 0.25) is 5.79 Å². The third-order valence-corrected chi connectivity index (χ3v) is 8.75. The zero-order chi connectivity index (χ0) is 30.0. The molecular weight excluding hydrogens is 559 g/mol. The molecule has 0 aliphatic carbocycles. The van der Waals surface area contributed by atoms with E-state index in [9.17, 15) is 9.36 Å². The van der Waals surface area contributed by atoms with E-state index in [0.29, 0.717) is 6.42 Å². The third-order valence-electron chi connectivity index (χ3n) is 6.18. The van der Waals surface area contributed by atoms with Crippen LogP contribution in [0.4, 0.5) is 0 Å². The van der Waals surface area contributed by atoms with Gasteiger partial charge in [0.15, 0.2) is 17.7 Å². The second-order valence-corrected chi connectivity index (χ2v) is 18.2. The van der Waals surface area contributed by atoms with Gasteiger partial charge in [-0.2, -0.15) is 0 Å². The van der Waals surface area contributed by atoms with Crippen LogP contribution in [-0.4, -0.2) is 76.1 Å². The molecule has 0 bridgehead atoms. The van der Waals surface area contributed by atoms with E-state index in [4.69, 9.17) is 42.0 Å². The molecule has 0 N–H and O–H groups in total. The zero-order valence-corrected chi connectivity index (χ0v) is 27.3. The number of esters is 1. The van der Waals surface area contributed by atoms with Crippen LogP contribution in [0.25, 0.3) is 0 Å². The molecule has 13 heteroatoms. The van der Waals surface area contributed by atoms with Gasteiger partial charge in [-0.1, -0.05) is 19.6 Å². The first-order chi connectivity index (χ1) is 18.4. The number of carbonyl (C=O) groups excluding carboxylic acids is 1. The van der Waals surface area contributed by atoms with E-state index >= 15 is 0 Å². The van der Waals surface area contributed by atoms with E-state index in [2.05, 4.69) is 31.1 Å². The van der Waals surface area contributed by atoms with Gasteiger partial charge < -0.3 is 32.9 Å². The topological polar surface area (TPSA) is 117 Å². The molecule has 1 spiro atoms. The van der Waals surface area contributed by atoms with Gasteiger partial charge in [-0.3, -0.25) is 9.05 Å². The molecule has 0 radical (unpaired) electrons. The molecule has 0 aromatic rings. The number of allylic oxidation sites excluding steroid dienone is 1. The number of hydrogen-bond donors (Lipinski definition) is 0. The highest BCUT2D eigenvalue weighted by molar-refractivity contribution is 7.48. The summed E-state index contributed by atoms with van der Waals surface area (Å²) in [5, 5.41) is 0. The number of fused-ring (bicyclic) bond motifs is 1. The molecule has 228 valence electrons. The van der Waals surface area contributed by atoms with Crippen LogP contribution in [-0.2, 0) is 51.4 Å². The van der Waals surface area contributed by atoms with Crippen molar-refractivity contribution in [3.63, 3.8) is 0 Å². The Bertz CT molecular complexity index is 1060. The monoisotopic (exact) mass is 604 g/mol. The molecule has 3 aliphatic heterocycles. The summed E-state index contributed by atoms with van der Waals surface area (Å²) in [7, 11) is -5.59. The second-order valence-electron chi connectivity index (χ2n) is 11.8. The van der Waals surface area contributed by atoms with Crippen molar-refractivity contribution in [1.29, 1.82) is 0 Å². The first-order valence-electron chi connectivity index (χ1n) is 13.8. The van der Waals surface area contributed by atoms with Crippen LogP contribution in [0.2, 0.25) is 19.6 Å². The first-order valence-corrected chi connectivity index (χ1v) is 18.7. The normalized spacial score (nSPS) is 29.8. The first kappa shape index (κ1) is 33.2. The molecule has 40 heavy (non-hydrogen) atoms. The highest BCUT2D eigenvalue weighted by Gasteiger charge is 2.64. The summed E-state index contributed by atoms with van der Waals surface area (Å²) in [4.78, 5) is 13.9. The molecule has 3 saturated heterocycles. The van der Waals surface area contributed by atoms with Gasteiger partial charge in [-0.05, 0) is 54.9 Å². The number of hydrogen-bond acceptors (Lipinski definition) is 11. The van der Waals surface area contributed by atoms with Gasteiger partial charge in [0.25, 0.3) is 0 Å². The molecule has 4 atom stereocenters. The quantitative estimate of drug-likeness (QED) is 0.0832. The zero-order valence-electron chi connectivity index (χ0n) is 25.4. The Morgan fingerprint density at radius 1 is 1.02 bits per heavy atom. The molecule has 0 saturated carbocycles. The average molecular weight is 605 g/mol. The standard InChI is InChI=1S/C27H45O11PSi/c1-11-32-39(29,33-12-2)37-19(3)20(15-13-14-16-40(8,9)10)24(28)34-23-22-21(35-26(6,7)36-22)17-30-27(23)18-31-25(4,5)38-27/h21-23H,11-13,15,17-18H2,1-10H3/b20-19-/t21-,22-,23+,27+/m0/s1. The van der Waals surface area contributed by atoms with E-state index in [1.807, 2.05) is 0 Å². The minimum atomic E-state index is -3.97. The fourth-order valence-corrected chi connectivity index (χ4v) is 6.59. The Kier molecular flexibility index (Phi) is 10.4. The number of ether oxygens (including phenoxy) is 6. The van der Waals surface area contributed by atoms with Gasteiger partial charge in [0.1, 0.15) is 32.6 Å². The van der Waals surface area contributed by atoms with E-state index in [-0.39, 0.29) is 44.2 Å². The maximum Gasteiger partial charge on any atom is 0.529 e. The number of rotatable bonds is 10. The van der Waals surface area contributed by atoms with Crippen LogP contribution in [0.5, 0.6) is 0 Å². The van der Waals surface area contributed by atoms with Crippen LogP contribution in [0.15, 0.2) is 11.3 Å². The summed E-state index contributed by atoms with van der Waals surface area (Å²) in [5.74, 6) is -0.811. The molecule has 11 nitrogen and oxygen atoms in total. The lowest BCUT2D eigenvalue weighted by Gasteiger charge is -2.43. The van der Waals surface area contributed by atoms with Crippen molar-refractivity contribution in [3.05, 3.63) is 11.3 Å². The van der Waals surface area contributed by atoms with Crippen LogP contribution < -0.4 is 0 Å². The van der Waals surface area contributed by atoms with E-state index in [1.54, 1.807) is 41.5 Å². The predicted molar refractivity (Wildman–Crippen MR) is 149 cm³/mol. The molecule has 0 amide bonds. The van der Waals surface area contributed by atoms with Gasteiger partial charge >= 0.3 is 13.8 Å². The van der Waals surface area contributed by atoms with Gasteiger partial charge in [0, 0.05) is 6.42 Å². The Labute approximate surface area is 239 Å². The Morgan fingerprint density at radius 3 is 2.23 bits per heavy atom. The Morgan fingerprint density at radius 2 is 1.68 bits per heavy atom. The van der Waals surface area contributed by atoms with Crippen molar-refractivity contribution in [3.8, 4) is 11.5 Å². The lowest BCUT2D eigenvalue weighted by molar-refractivity contribution is -0.328. The maximum absolute atomic E-state index is 13.9. The second kappa shape index (κ2) is 12.5. The average Bonchev–Trinajstić information content (AvgIpc) is 3.29. The molecule has 0 unspecified atom stereocenters. The number of phosphoric acid groups is 1. The van der Waals surface area contributed by atoms with Gasteiger partial charge in [-0.15, -0.1) is 11.5 Å². The van der Waals surface area contributed by atoms with Crippen molar-refractivity contribution in [2.45, 2.75) is 117 Å². The highest BCUT2D eigenvalue weighted by atomic mass is 31.2. The summed E-state index contributed by atoms with van der Waals surface area (Å²) in [6.45, 7) is 18.7. The van der Waals surface area contributed by atoms with E-state index in [0.717, 1.165) is 0 Å². The highest BCUT2D eigenvalue weighted by Crippen LogP contribution is 2.52. The van der Waals surface area contributed by atoms with Gasteiger partial charge in [0.05, 0.1) is 25.4 Å². The van der Waals surface area contributed by atoms with Crippen molar-refractivity contribution in [1.82, 2.24) is 0 Å². The maximum atomic E-state index is 13.9. The minimum absolute atomic E-state index is 0.0189. The summed E-state index contributed by atoms with van der Waals surface area (Å²) in [5.41, 5.74) is 3.43. The molecule has 0 aromatic carbocycles. The lowest BCUT2D eigenvalue weighted by atomic mass is 9.96. The van der Waals surface area contributed by atoms with Crippen molar-refractivity contribution in [2.75, 3.05) is 26.4 Å². The Hall–Kier alpha value is -1.26. The van der Waals surface area contributed by atoms with Crippen molar-refractivity contribution < 1.29 is 51.4 Å². The molecule has 3 heterocycles. The van der Waals surface area contributed by atoms with Crippen LogP contribution >= 0.6 is 7.82 Å². The molecule has 0 aromatic heterocycles. The molecule has 3 aliphatic rings. The molecular formula is C27H45O11PSi. The summed E-state index contributed by atoms with van der Waals surface area (Å²) in [6.07, 6.45) is -1.67. The third kappa shape index (κ3) is 8.40. The fourth-order valence-electron chi connectivity index (χ4n) is 4.67. The predicted octanol–water partition coefficient (Wildman–Crippen LogP) is 5.06. The van der Waals surface area contributed by atoms with Crippen molar-refractivity contribution in [2.24, 2.45) is 0 Å². The lowest BCUT2D eigenvalue weighted by Crippen LogP contribution is -2.63. The van der Waals surface area contributed by atoms with E-state index in [1.165, 1.54) is 6.92 Å². The molecule has 3 rings (SSSR count). The van der Waals surface area contributed by atoms with Crippen LogP contribution in [0, 0.1) is 11.5 Å². The number of phosphoric ester groups is 1. The summed E-state index contributed by atoms with van der Waals surface area (Å²) >= 11 is 0. The van der Waals surface area contributed by atoms with Crippen molar-refractivity contribution >= 4 is 21.9 Å². The summed E-state index contributed by atoms with van der Waals surface area (Å²) in [6, 6.07) is 0.